The van der Waals surface area contributed by atoms with E-state index in [1.54, 1.807) is 18.2 Å². The Morgan fingerprint density at radius 2 is 1.88 bits per heavy atom. The first-order valence-electron chi connectivity index (χ1n) is 8.16. The van der Waals surface area contributed by atoms with Gasteiger partial charge >= 0.3 is 11.7 Å². The summed E-state index contributed by atoms with van der Waals surface area (Å²) in [6.45, 7) is 5.19. The molecular formula is C18H21N3O5. The number of nitrogen functional groups attached to an aromatic ring is 1. The van der Waals surface area contributed by atoms with E-state index in [4.69, 9.17) is 10.5 Å². The summed E-state index contributed by atoms with van der Waals surface area (Å²) in [7, 11) is 0. The Kier molecular flexibility index (Phi) is 5.76. The summed E-state index contributed by atoms with van der Waals surface area (Å²) < 4.78 is 6.11. The van der Waals surface area contributed by atoms with Gasteiger partial charge in [0.05, 0.1) is 5.56 Å². The summed E-state index contributed by atoms with van der Waals surface area (Å²) in [5, 5.41) is 0. The van der Waals surface area contributed by atoms with Crippen molar-refractivity contribution < 1.29 is 14.3 Å². The Balaban J connectivity index is 2.21. The summed E-state index contributed by atoms with van der Waals surface area (Å²) in [5.41, 5.74) is 6.09. The van der Waals surface area contributed by atoms with Crippen LogP contribution in [-0.4, -0.2) is 27.9 Å². The summed E-state index contributed by atoms with van der Waals surface area (Å²) in [6.07, 6.45) is 0.589. The van der Waals surface area contributed by atoms with E-state index in [2.05, 4.69) is 4.98 Å². The average Bonchev–Trinajstić information content (AvgIpc) is 2.58. The number of ether oxygens (including phenoxy) is 1. The van der Waals surface area contributed by atoms with Crippen molar-refractivity contribution in [2.45, 2.75) is 33.7 Å². The molecule has 0 aliphatic carbocycles. The van der Waals surface area contributed by atoms with E-state index in [1.807, 2.05) is 20.8 Å². The molecule has 0 bridgehead atoms. The second-order valence-electron chi connectivity index (χ2n) is 5.97. The van der Waals surface area contributed by atoms with Crippen LogP contribution < -0.4 is 17.0 Å². The van der Waals surface area contributed by atoms with Gasteiger partial charge < -0.3 is 10.5 Å². The summed E-state index contributed by atoms with van der Waals surface area (Å²) in [6, 6.07) is 5.03. The number of nitrogens with zero attached hydrogens (tertiary/aromatic N) is 1. The van der Waals surface area contributed by atoms with Gasteiger partial charge in [-0.25, -0.2) is 9.59 Å². The van der Waals surface area contributed by atoms with Crippen LogP contribution in [0.5, 0.6) is 0 Å². The predicted octanol–water partition coefficient (Wildman–Crippen LogP) is 1.19. The number of rotatable bonds is 6. The highest BCUT2D eigenvalue weighted by Gasteiger charge is 2.21. The number of carbonyl (C=O) groups excluding carboxylic acids is 2. The minimum atomic E-state index is -0.896. The maximum Gasteiger partial charge on any atom is 0.338 e. The first-order valence-corrected chi connectivity index (χ1v) is 8.16. The maximum atomic E-state index is 12.3. The van der Waals surface area contributed by atoms with Gasteiger partial charge in [0.15, 0.2) is 6.61 Å². The number of hydrogen-bond acceptors (Lipinski definition) is 6. The van der Waals surface area contributed by atoms with Crippen LogP contribution in [-0.2, 0) is 11.3 Å². The van der Waals surface area contributed by atoms with Crippen LogP contribution >= 0.6 is 0 Å². The number of nitrogens with two attached hydrogens (primary N) is 1. The van der Waals surface area contributed by atoms with Gasteiger partial charge in [0.2, 0.25) is 5.78 Å². The van der Waals surface area contributed by atoms with Crippen molar-refractivity contribution in [1.82, 2.24) is 9.55 Å². The molecule has 3 N–H and O–H groups in total. The molecule has 138 valence electrons. The molecule has 0 unspecified atom stereocenters. The van der Waals surface area contributed by atoms with Gasteiger partial charge in [0.1, 0.15) is 11.4 Å². The second kappa shape index (κ2) is 7.81. The highest BCUT2D eigenvalue weighted by atomic mass is 16.5. The Bertz CT molecular complexity index is 972. The molecule has 0 saturated heterocycles. The lowest BCUT2D eigenvalue weighted by Gasteiger charge is -2.11. The molecule has 2 aromatic rings. The largest absolute Gasteiger partial charge is 0.454 e. The van der Waals surface area contributed by atoms with Crippen molar-refractivity contribution in [3.05, 3.63) is 61.3 Å². The van der Waals surface area contributed by atoms with Crippen LogP contribution in [0.25, 0.3) is 0 Å². The van der Waals surface area contributed by atoms with Crippen molar-refractivity contribution in [3.8, 4) is 0 Å². The van der Waals surface area contributed by atoms with Crippen molar-refractivity contribution in [2.24, 2.45) is 0 Å². The third-order valence-electron chi connectivity index (χ3n) is 4.04. The fourth-order valence-corrected chi connectivity index (χ4v) is 2.46. The average molecular weight is 359 g/mol. The quantitative estimate of drug-likeness (QED) is 0.589. The fourth-order valence-electron chi connectivity index (χ4n) is 2.46. The Labute approximate surface area is 149 Å². The Hall–Kier alpha value is -3.16. The molecule has 0 amide bonds. The second-order valence-corrected chi connectivity index (χ2v) is 5.97. The molecule has 8 heteroatoms. The smallest absolute Gasteiger partial charge is 0.338 e. The van der Waals surface area contributed by atoms with Crippen molar-refractivity contribution in [3.63, 3.8) is 0 Å². The zero-order valence-electron chi connectivity index (χ0n) is 14.9. The van der Waals surface area contributed by atoms with Crippen molar-refractivity contribution >= 4 is 17.6 Å². The molecule has 0 saturated carbocycles. The van der Waals surface area contributed by atoms with E-state index in [0.717, 1.165) is 15.7 Å². The lowest BCUT2D eigenvalue weighted by Crippen LogP contribution is -2.37. The SMILES string of the molecule is CCCn1c(N)c(C(=O)COC(=O)c2ccc(C)c(C)c2)c(=O)[nH]c1=O. The van der Waals surface area contributed by atoms with Gasteiger partial charge in [-0.1, -0.05) is 13.0 Å². The highest BCUT2D eigenvalue weighted by Crippen LogP contribution is 2.12. The van der Waals surface area contributed by atoms with E-state index < -0.39 is 29.6 Å². The number of carbonyl (C=O) groups is 2. The van der Waals surface area contributed by atoms with E-state index >= 15 is 0 Å². The lowest BCUT2D eigenvalue weighted by atomic mass is 10.1. The van der Waals surface area contributed by atoms with Crippen LogP contribution in [0.15, 0.2) is 27.8 Å². The van der Waals surface area contributed by atoms with Crippen molar-refractivity contribution in [1.29, 1.82) is 0 Å². The Morgan fingerprint density at radius 3 is 2.50 bits per heavy atom. The summed E-state index contributed by atoms with van der Waals surface area (Å²) in [5.74, 6) is -1.68. The maximum absolute atomic E-state index is 12.3. The van der Waals surface area contributed by atoms with E-state index in [9.17, 15) is 19.2 Å². The molecule has 0 atom stereocenters. The molecule has 2 rings (SSSR count). The number of nitrogens with one attached hydrogen (secondary N) is 1. The minimum absolute atomic E-state index is 0.229. The van der Waals surface area contributed by atoms with Gasteiger partial charge in [-0.2, -0.15) is 0 Å². The summed E-state index contributed by atoms with van der Waals surface area (Å²) >= 11 is 0. The van der Waals surface area contributed by atoms with Crippen LogP contribution in [0.4, 0.5) is 5.82 Å². The monoisotopic (exact) mass is 359 g/mol. The number of aromatic nitrogens is 2. The molecule has 1 aromatic carbocycles. The first-order chi connectivity index (χ1) is 12.3. The lowest BCUT2D eigenvalue weighted by molar-refractivity contribution is 0.0474. The van der Waals surface area contributed by atoms with Crippen molar-refractivity contribution in [2.75, 3.05) is 12.3 Å². The zero-order chi connectivity index (χ0) is 19.4. The normalized spacial score (nSPS) is 10.6. The van der Waals surface area contributed by atoms with Gasteiger partial charge in [-0.3, -0.25) is 19.1 Å². The van der Waals surface area contributed by atoms with E-state index in [0.29, 0.717) is 12.0 Å². The predicted molar refractivity (Wildman–Crippen MR) is 96.6 cm³/mol. The molecule has 0 spiro atoms. The highest BCUT2D eigenvalue weighted by molar-refractivity contribution is 6.02. The number of hydrogen-bond donors (Lipinski definition) is 2. The van der Waals surface area contributed by atoms with Crippen LogP contribution in [0, 0.1) is 13.8 Å². The topological polar surface area (TPSA) is 124 Å². The molecular weight excluding hydrogens is 338 g/mol. The number of anilines is 1. The molecule has 1 aromatic heterocycles. The molecule has 0 fully saturated rings. The number of aryl methyl sites for hydroxylation is 2. The third-order valence-corrected chi connectivity index (χ3v) is 4.04. The van der Waals surface area contributed by atoms with E-state index in [1.165, 1.54) is 0 Å². The van der Waals surface area contributed by atoms with Crippen LogP contribution in [0.3, 0.4) is 0 Å². The molecule has 8 nitrogen and oxygen atoms in total. The van der Waals surface area contributed by atoms with E-state index in [-0.39, 0.29) is 17.9 Å². The third kappa shape index (κ3) is 3.90. The van der Waals surface area contributed by atoms with Gasteiger partial charge in [-0.15, -0.1) is 0 Å². The van der Waals surface area contributed by atoms with Gasteiger partial charge in [-0.05, 0) is 43.5 Å². The molecule has 26 heavy (non-hydrogen) atoms. The summed E-state index contributed by atoms with van der Waals surface area (Å²) in [4.78, 5) is 50.2. The fraction of sp³-hybridized carbons (Fsp3) is 0.333. The number of aromatic amines is 1. The number of ketones is 1. The number of benzene rings is 1. The minimum Gasteiger partial charge on any atom is -0.454 e. The standard InChI is InChI=1S/C18H21N3O5/c1-4-7-21-15(19)14(16(23)20-18(21)25)13(22)9-26-17(24)12-6-5-10(2)11(3)8-12/h5-6,8H,4,7,9,19H2,1-3H3,(H,20,23,25). The molecule has 0 aliphatic heterocycles. The number of H-pyrrole nitrogens is 1. The molecule has 0 aliphatic rings. The van der Waals surface area contributed by atoms with Crippen LogP contribution in [0.2, 0.25) is 0 Å². The van der Waals surface area contributed by atoms with Gasteiger partial charge in [0, 0.05) is 6.54 Å². The Morgan fingerprint density at radius 1 is 1.19 bits per heavy atom. The number of esters is 1. The van der Waals surface area contributed by atoms with Gasteiger partial charge in [0.25, 0.3) is 5.56 Å². The van der Waals surface area contributed by atoms with Crippen LogP contribution in [0.1, 0.15) is 45.2 Å². The first kappa shape index (κ1) is 19.2. The number of Topliss-reactive ketones (excluding diaryl/α,β-unsaturated/α-hetero) is 1. The zero-order valence-corrected chi connectivity index (χ0v) is 14.9. The molecule has 1 heterocycles. The molecule has 0 radical (unpaired) electrons.